The van der Waals surface area contributed by atoms with Crippen LogP contribution in [0.15, 0.2) is 14.3 Å². The Bertz CT molecular complexity index is 556. The second-order valence-corrected chi connectivity index (χ2v) is 8.34. The van der Waals surface area contributed by atoms with Gasteiger partial charge in [-0.25, -0.2) is 4.79 Å². The fourth-order valence-corrected chi connectivity index (χ4v) is 3.57. The van der Waals surface area contributed by atoms with Gasteiger partial charge in [0, 0.05) is 4.47 Å². The SMILES string of the molecule is CC(C)C[C@H](NC(=O)c1cc(Br)c(Br)s1)C(=O)OCC(F)(F)F. The largest absolute Gasteiger partial charge is 0.455 e. The van der Waals surface area contributed by atoms with Crippen molar-refractivity contribution in [2.45, 2.75) is 32.5 Å². The summed E-state index contributed by atoms with van der Waals surface area (Å²) in [6.07, 6.45) is -4.43. The van der Waals surface area contributed by atoms with Crippen molar-refractivity contribution in [1.29, 1.82) is 0 Å². The summed E-state index contributed by atoms with van der Waals surface area (Å²) in [5.74, 6) is -1.66. The standard InChI is InChI=1S/C13H14Br2F3NO3S/c1-6(2)3-8(12(21)22-5-13(16,17)18)19-11(20)9-4-7(14)10(15)23-9/h4,6,8H,3,5H2,1-2H3,(H,19,20)/t8-/m0/s1. The van der Waals surface area contributed by atoms with E-state index in [9.17, 15) is 22.8 Å². The average molecular weight is 481 g/mol. The van der Waals surface area contributed by atoms with Gasteiger partial charge < -0.3 is 10.1 Å². The molecule has 1 rings (SSSR count). The van der Waals surface area contributed by atoms with Crippen LogP contribution < -0.4 is 5.32 Å². The molecule has 0 radical (unpaired) electrons. The fraction of sp³-hybridized carbons (Fsp3) is 0.538. The van der Waals surface area contributed by atoms with E-state index in [4.69, 9.17) is 0 Å². The molecule has 0 aliphatic rings. The number of amides is 1. The third kappa shape index (κ3) is 7.21. The number of carbonyl (C=O) groups excluding carboxylic acids is 2. The molecule has 0 unspecified atom stereocenters. The zero-order valence-electron chi connectivity index (χ0n) is 12.2. The molecule has 10 heteroatoms. The lowest BCUT2D eigenvalue weighted by Gasteiger charge is -2.19. The van der Waals surface area contributed by atoms with Gasteiger partial charge in [0.15, 0.2) is 6.61 Å². The summed E-state index contributed by atoms with van der Waals surface area (Å²) in [6.45, 7) is 1.90. The van der Waals surface area contributed by atoms with Crippen molar-refractivity contribution in [2.75, 3.05) is 6.61 Å². The van der Waals surface area contributed by atoms with E-state index in [2.05, 4.69) is 41.9 Å². The summed E-state index contributed by atoms with van der Waals surface area (Å²) in [5, 5.41) is 2.43. The van der Waals surface area contributed by atoms with Crippen LogP contribution in [-0.4, -0.2) is 30.7 Å². The number of rotatable bonds is 6. The minimum atomic E-state index is -4.61. The second kappa shape index (κ2) is 8.48. The molecule has 1 aromatic heterocycles. The van der Waals surface area contributed by atoms with Crippen LogP contribution in [0, 0.1) is 5.92 Å². The Kier molecular flexibility index (Phi) is 7.53. The minimum absolute atomic E-state index is 0.0134. The molecule has 1 atom stereocenters. The van der Waals surface area contributed by atoms with Crippen LogP contribution in [0.5, 0.6) is 0 Å². The Morgan fingerprint density at radius 3 is 2.39 bits per heavy atom. The van der Waals surface area contributed by atoms with Gasteiger partial charge in [0.2, 0.25) is 0 Å². The van der Waals surface area contributed by atoms with E-state index in [1.807, 2.05) is 0 Å². The lowest BCUT2D eigenvalue weighted by molar-refractivity contribution is -0.187. The predicted molar refractivity (Wildman–Crippen MR) is 87.4 cm³/mol. The molecule has 0 aromatic carbocycles. The summed E-state index contributed by atoms with van der Waals surface area (Å²) in [4.78, 5) is 24.3. The molecule has 0 saturated carbocycles. The van der Waals surface area contributed by atoms with Crippen molar-refractivity contribution in [3.05, 3.63) is 19.2 Å². The Balaban J connectivity index is 2.77. The van der Waals surface area contributed by atoms with Gasteiger partial charge in [-0.1, -0.05) is 13.8 Å². The highest BCUT2D eigenvalue weighted by atomic mass is 79.9. The van der Waals surface area contributed by atoms with E-state index < -0.39 is 30.7 Å². The normalized spacial score (nSPS) is 13.0. The number of hydrogen-bond donors (Lipinski definition) is 1. The van der Waals surface area contributed by atoms with Gasteiger partial charge in [0.1, 0.15) is 6.04 Å². The summed E-state index contributed by atoms with van der Waals surface area (Å²) < 4.78 is 42.0. The van der Waals surface area contributed by atoms with Gasteiger partial charge in [-0.2, -0.15) is 13.2 Å². The minimum Gasteiger partial charge on any atom is -0.455 e. The van der Waals surface area contributed by atoms with Crippen LogP contribution in [0.1, 0.15) is 29.9 Å². The number of thiophene rings is 1. The van der Waals surface area contributed by atoms with Gasteiger partial charge in [-0.3, -0.25) is 4.79 Å². The molecule has 0 aliphatic heterocycles. The van der Waals surface area contributed by atoms with Gasteiger partial charge in [0.05, 0.1) is 8.66 Å². The molecule has 1 aromatic rings. The highest BCUT2D eigenvalue weighted by molar-refractivity contribution is 9.13. The van der Waals surface area contributed by atoms with E-state index >= 15 is 0 Å². The molecule has 23 heavy (non-hydrogen) atoms. The molecule has 1 amide bonds. The van der Waals surface area contributed by atoms with E-state index in [1.165, 1.54) is 0 Å². The first-order valence-electron chi connectivity index (χ1n) is 6.48. The third-order valence-corrected chi connectivity index (χ3v) is 5.80. The van der Waals surface area contributed by atoms with Crippen molar-refractivity contribution in [3.63, 3.8) is 0 Å². The summed E-state index contributed by atoms with van der Waals surface area (Å²) in [7, 11) is 0. The molecule has 0 fully saturated rings. The summed E-state index contributed by atoms with van der Waals surface area (Å²) in [5.41, 5.74) is 0. The highest BCUT2D eigenvalue weighted by Crippen LogP contribution is 2.32. The molecule has 130 valence electrons. The molecular weight excluding hydrogens is 467 g/mol. The number of halogens is 5. The fourth-order valence-electron chi connectivity index (χ4n) is 1.63. The molecule has 0 spiro atoms. The lowest BCUT2D eigenvalue weighted by Crippen LogP contribution is -2.43. The molecule has 0 saturated heterocycles. The Morgan fingerprint density at radius 1 is 1.35 bits per heavy atom. The Hall–Kier alpha value is -0.610. The van der Waals surface area contributed by atoms with Gasteiger partial charge >= 0.3 is 12.1 Å². The van der Waals surface area contributed by atoms with Crippen molar-refractivity contribution < 1.29 is 27.5 Å². The molecule has 1 heterocycles. The van der Waals surface area contributed by atoms with Gasteiger partial charge in [-0.05, 0) is 50.3 Å². The number of esters is 1. The van der Waals surface area contributed by atoms with Crippen LogP contribution in [0.25, 0.3) is 0 Å². The average Bonchev–Trinajstić information content (AvgIpc) is 2.74. The summed E-state index contributed by atoms with van der Waals surface area (Å²) in [6, 6.07) is 0.418. The predicted octanol–water partition coefficient (Wildman–Crippen LogP) is 4.52. The number of nitrogens with one attached hydrogen (secondary N) is 1. The molecule has 0 aliphatic carbocycles. The maximum absolute atomic E-state index is 12.1. The first-order chi connectivity index (χ1) is 10.5. The van der Waals surface area contributed by atoms with E-state index in [0.717, 1.165) is 11.3 Å². The number of ether oxygens (including phenoxy) is 1. The van der Waals surface area contributed by atoms with Crippen LogP contribution in [0.3, 0.4) is 0 Å². The maximum atomic E-state index is 12.1. The van der Waals surface area contributed by atoms with Crippen molar-refractivity contribution in [1.82, 2.24) is 5.32 Å². The molecule has 0 bridgehead atoms. The number of alkyl halides is 3. The lowest BCUT2D eigenvalue weighted by atomic mass is 10.0. The maximum Gasteiger partial charge on any atom is 0.422 e. The Labute approximate surface area is 152 Å². The molecular formula is C13H14Br2F3NO3S. The molecule has 1 N–H and O–H groups in total. The highest BCUT2D eigenvalue weighted by Gasteiger charge is 2.32. The van der Waals surface area contributed by atoms with E-state index in [0.29, 0.717) is 13.1 Å². The quantitative estimate of drug-likeness (QED) is 0.609. The van der Waals surface area contributed by atoms with E-state index in [-0.39, 0.29) is 12.3 Å². The zero-order chi connectivity index (χ0) is 17.8. The van der Waals surface area contributed by atoms with Gasteiger partial charge in [0.25, 0.3) is 5.91 Å². The van der Waals surface area contributed by atoms with E-state index in [1.54, 1.807) is 19.9 Å². The van der Waals surface area contributed by atoms with Crippen LogP contribution in [-0.2, 0) is 9.53 Å². The third-order valence-electron chi connectivity index (χ3n) is 2.54. The smallest absolute Gasteiger partial charge is 0.422 e. The first kappa shape index (κ1) is 20.4. The van der Waals surface area contributed by atoms with Crippen LogP contribution >= 0.6 is 43.2 Å². The second-order valence-electron chi connectivity index (χ2n) is 5.11. The number of carbonyl (C=O) groups is 2. The monoisotopic (exact) mass is 479 g/mol. The topological polar surface area (TPSA) is 55.4 Å². The van der Waals surface area contributed by atoms with Crippen LogP contribution in [0.2, 0.25) is 0 Å². The number of hydrogen-bond acceptors (Lipinski definition) is 4. The van der Waals surface area contributed by atoms with Gasteiger partial charge in [-0.15, -0.1) is 11.3 Å². The van der Waals surface area contributed by atoms with Crippen molar-refractivity contribution >= 4 is 55.1 Å². The summed E-state index contributed by atoms with van der Waals surface area (Å²) >= 11 is 7.61. The zero-order valence-corrected chi connectivity index (χ0v) is 16.2. The van der Waals surface area contributed by atoms with Crippen molar-refractivity contribution in [3.8, 4) is 0 Å². The van der Waals surface area contributed by atoms with Crippen LogP contribution in [0.4, 0.5) is 13.2 Å². The first-order valence-corrected chi connectivity index (χ1v) is 8.89. The molecule has 4 nitrogen and oxygen atoms in total. The Morgan fingerprint density at radius 2 is 1.96 bits per heavy atom. The van der Waals surface area contributed by atoms with Crippen molar-refractivity contribution in [2.24, 2.45) is 5.92 Å².